The van der Waals surface area contributed by atoms with Gasteiger partial charge in [-0.25, -0.2) is 14.2 Å². The maximum absolute atomic E-state index is 13.1. The molecule has 0 atom stereocenters. The molecule has 0 aliphatic carbocycles. The number of hydrogen-bond donors (Lipinski definition) is 2. The number of carbonyl (C=O) groups is 1. The lowest BCUT2D eigenvalue weighted by Gasteiger charge is -2.28. The molecule has 0 amide bonds. The van der Waals surface area contributed by atoms with E-state index in [4.69, 9.17) is 17.0 Å². The molecular formula is C21H22FN3O2S. The molecule has 28 heavy (non-hydrogen) atoms. The molecule has 1 heterocycles. The zero-order chi connectivity index (χ0) is 19.9. The Bertz CT molecular complexity index is 866. The van der Waals surface area contributed by atoms with Crippen molar-refractivity contribution in [2.75, 3.05) is 25.0 Å². The SMILES string of the molecule is CCOC(=O)c1ccc(NC(=S)NN2CC=C(c3ccc(F)cc3)CC2)cc1. The van der Waals surface area contributed by atoms with Crippen LogP contribution in [0.25, 0.3) is 5.57 Å². The van der Waals surface area contributed by atoms with E-state index in [9.17, 15) is 9.18 Å². The summed E-state index contributed by atoms with van der Waals surface area (Å²) in [6.07, 6.45) is 2.95. The minimum atomic E-state index is -0.341. The molecule has 0 bridgehead atoms. The Morgan fingerprint density at radius 1 is 1.18 bits per heavy atom. The molecule has 0 saturated carbocycles. The van der Waals surface area contributed by atoms with E-state index in [2.05, 4.69) is 16.8 Å². The fraction of sp³-hybridized carbons (Fsp3) is 0.238. The number of hydrogen-bond acceptors (Lipinski definition) is 4. The highest BCUT2D eigenvalue weighted by molar-refractivity contribution is 7.80. The van der Waals surface area contributed by atoms with Crippen molar-refractivity contribution in [2.45, 2.75) is 13.3 Å². The molecule has 0 saturated heterocycles. The van der Waals surface area contributed by atoms with E-state index in [1.54, 1.807) is 43.3 Å². The van der Waals surface area contributed by atoms with Crippen LogP contribution in [0.2, 0.25) is 0 Å². The standard InChI is InChI=1S/C21H22FN3O2S/c1-2-27-20(26)17-5-9-19(10-6-17)23-21(28)24-25-13-11-16(12-14-25)15-3-7-18(22)8-4-15/h3-11H,2,12-14H2,1H3,(H2,23,24,28). The number of anilines is 1. The van der Waals surface area contributed by atoms with E-state index in [1.165, 1.54) is 17.7 Å². The molecule has 1 aliphatic heterocycles. The van der Waals surface area contributed by atoms with Gasteiger partial charge in [0.2, 0.25) is 0 Å². The van der Waals surface area contributed by atoms with Gasteiger partial charge in [-0.3, -0.25) is 5.43 Å². The van der Waals surface area contributed by atoms with E-state index in [1.807, 2.05) is 5.01 Å². The Labute approximate surface area is 169 Å². The molecule has 0 spiro atoms. The fourth-order valence-electron chi connectivity index (χ4n) is 2.90. The lowest BCUT2D eigenvalue weighted by atomic mass is 10.0. The summed E-state index contributed by atoms with van der Waals surface area (Å²) in [4.78, 5) is 11.7. The van der Waals surface area contributed by atoms with Crippen LogP contribution in [0.4, 0.5) is 10.1 Å². The number of carbonyl (C=O) groups excluding carboxylic acids is 1. The molecular weight excluding hydrogens is 377 g/mol. The third kappa shape index (κ3) is 5.37. The monoisotopic (exact) mass is 399 g/mol. The quantitative estimate of drug-likeness (QED) is 0.586. The van der Waals surface area contributed by atoms with Crippen LogP contribution >= 0.6 is 12.2 Å². The van der Waals surface area contributed by atoms with E-state index in [0.29, 0.717) is 23.8 Å². The van der Waals surface area contributed by atoms with Crippen LogP contribution < -0.4 is 10.7 Å². The van der Waals surface area contributed by atoms with Gasteiger partial charge in [0, 0.05) is 18.8 Å². The zero-order valence-corrected chi connectivity index (χ0v) is 16.4. The van der Waals surface area contributed by atoms with Gasteiger partial charge in [0.15, 0.2) is 5.11 Å². The summed E-state index contributed by atoms with van der Waals surface area (Å²) in [5.74, 6) is -0.568. The average Bonchev–Trinajstić information content (AvgIpc) is 2.70. The highest BCUT2D eigenvalue weighted by atomic mass is 32.1. The molecule has 2 N–H and O–H groups in total. The van der Waals surface area contributed by atoms with Crippen molar-refractivity contribution >= 4 is 34.6 Å². The number of thiocarbonyl (C=S) groups is 1. The summed E-state index contributed by atoms with van der Waals surface area (Å²) in [5, 5.41) is 5.58. The minimum absolute atomic E-state index is 0.227. The Kier molecular flexibility index (Phi) is 6.73. The second-order valence-electron chi connectivity index (χ2n) is 6.30. The molecule has 7 heteroatoms. The van der Waals surface area contributed by atoms with Crippen molar-refractivity contribution in [3.05, 3.63) is 71.6 Å². The minimum Gasteiger partial charge on any atom is -0.462 e. The second-order valence-corrected chi connectivity index (χ2v) is 6.70. The van der Waals surface area contributed by atoms with E-state index >= 15 is 0 Å². The van der Waals surface area contributed by atoms with Gasteiger partial charge in [-0.2, -0.15) is 0 Å². The van der Waals surface area contributed by atoms with Crippen LogP contribution in [0.3, 0.4) is 0 Å². The van der Waals surface area contributed by atoms with Crippen molar-refractivity contribution in [1.82, 2.24) is 10.4 Å². The molecule has 2 aromatic rings. The van der Waals surface area contributed by atoms with Crippen LogP contribution in [-0.2, 0) is 4.74 Å². The number of nitrogens with one attached hydrogen (secondary N) is 2. The predicted octanol–water partition coefficient (Wildman–Crippen LogP) is 3.99. The molecule has 3 rings (SSSR count). The first kappa shape index (κ1) is 20.0. The Hall–Kier alpha value is -2.77. The van der Waals surface area contributed by atoms with Gasteiger partial charge in [-0.1, -0.05) is 18.2 Å². The van der Waals surface area contributed by atoms with Crippen molar-refractivity contribution in [3.8, 4) is 0 Å². The van der Waals surface area contributed by atoms with Crippen molar-refractivity contribution in [2.24, 2.45) is 0 Å². The maximum atomic E-state index is 13.1. The third-order valence-electron chi connectivity index (χ3n) is 4.34. The number of esters is 1. The molecule has 2 aromatic carbocycles. The predicted molar refractivity (Wildman–Crippen MR) is 112 cm³/mol. The first-order chi connectivity index (χ1) is 13.5. The smallest absolute Gasteiger partial charge is 0.338 e. The lowest BCUT2D eigenvalue weighted by Crippen LogP contribution is -2.46. The van der Waals surface area contributed by atoms with Gasteiger partial charge in [-0.05, 0) is 73.1 Å². The summed E-state index contributed by atoms with van der Waals surface area (Å²) in [7, 11) is 0. The number of rotatable bonds is 5. The molecule has 0 unspecified atom stereocenters. The molecule has 5 nitrogen and oxygen atoms in total. The molecule has 0 aromatic heterocycles. The topological polar surface area (TPSA) is 53.6 Å². The van der Waals surface area contributed by atoms with Gasteiger partial charge in [0.25, 0.3) is 0 Å². The summed E-state index contributed by atoms with van der Waals surface area (Å²) in [6.45, 7) is 3.60. The van der Waals surface area contributed by atoms with Crippen LogP contribution in [-0.4, -0.2) is 35.8 Å². The Morgan fingerprint density at radius 2 is 1.89 bits per heavy atom. The second kappa shape index (κ2) is 9.43. The average molecular weight is 399 g/mol. The molecule has 0 radical (unpaired) electrons. The van der Waals surface area contributed by atoms with Crippen molar-refractivity contribution in [1.29, 1.82) is 0 Å². The van der Waals surface area contributed by atoms with E-state index < -0.39 is 0 Å². The first-order valence-electron chi connectivity index (χ1n) is 9.10. The van der Waals surface area contributed by atoms with Gasteiger partial charge < -0.3 is 10.1 Å². The van der Waals surface area contributed by atoms with E-state index in [0.717, 1.165) is 24.2 Å². The number of hydrazine groups is 1. The van der Waals surface area contributed by atoms with Gasteiger partial charge in [-0.15, -0.1) is 0 Å². The molecule has 146 valence electrons. The normalized spacial score (nSPS) is 14.1. The number of nitrogens with zero attached hydrogens (tertiary/aromatic N) is 1. The fourth-order valence-corrected chi connectivity index (χ4v) is 3.15. The highest BCUT2D eigenvalue weighted by Crippen LogP contribution is 2.22. The Morgan fingerprint density at radius 3 is 2.50 bits per heavy atom. The molecule has 0 fully saturated rings. The third-order valence-corrected chi connectivity index (χ3v) is 4.53. The largest absolute Gasteiger partial charge is 0.462 e. The molecule has 1 aliphatic rings. The van der Waals surface area contributed by atoms with Crippen molar-refractivity contribution in [3.63, 3.8) is 0 Å². The number of benzene rings is 2. The van der Waals surface area contributed by atoms with Crippen LogP contribution in [0.15, 0.2) is 54.6 Å². The van der Waals surface area contributed by atoms with Crippen LogP contribution in [0, 0.1) is 5.82 Å². The van der Waals surface area contributed by atoms with Gasteiger partial charge in [0.05, 0.1) is 12.2 Å². The highest BCUT2D eigenvalue weighted by Gasteiger charge is 2.14. The summed E-state index contributed by atoms with van der Waals surface area (Å²) < 4.78 is 18.0. The number of ether oxygens (including phenoxy) is 1. The summed E-state index contributed by atoms with van der Waals surface area (Å²) in [6, 6.07) is 13.5. The lowest BCUT2D eigenvalue weighted by molar-refractivity contribution is 0.0526. The van der Waals surface area contributed by atoms with Gasteiger partial charge in [0.1, 0.15) is 5.82 Å². The van der Waals surface area contributed by atoms with Gasteiger partial charge >= 0.3 is 5.97 Å². The number of halogens is 1. The zero-order valence-electron chi connectivity index (χ0n) is 15.6. The van der Waals surface area contributed by atoms with E-state index in [-0.39, 0.29) is 11.8 Å². The first-order valence-corrected chi connectivity index (χ1v) is 9.50. The summed E-state index contributed by atoms with van der Waals surface area (Å²) in [5.41, 5.74) is 6.69. The maximum Gasteiger partial charge on any atom is 0.338 e. The summed E-state index contributed by atoms with van der Waals surface area (Å²) >= 11 is 5.36. The van der Waals surface area contributed by atoms with Crippen LogP contribution in [0.5, 0.6) is 0 Å². The Balaban J connectivity index is 1.50. The van der Waals surface area contributed by atoms with Crippen LogP contribution in [0.1, 0.15) is 29.3 Å². The van der Waals surface area contributed by atoms with Crippen molar-refractivity contribution < 1.29 is 13.9 Å².